The van der Waals surface area contributed by atoms with Gasteiger partial charge >= 0.3 is 13.2 Å². The third-order valence-corrected chi connectivity index (χ3v) is 7.43. The Morgan fingerprint density at radius 2 is 1.90 bits per heavy atom. The van der Waals surface area contributed by atoms with Gasteiger partial charge < -0.3 is 29.0 Å². The maximum absolute atomic E-state index is 11.6. The van der Waals surface area contributed by atoms with E-state index < -0.39 is 24.4 Å². The van der Waals surface area contributed by atoms with Gasteiger partial charge in [0.2, 0.25) is 0 Å². The largest absolute Gasteiger partial charge is 0.494 e. The van der Waals surface area contributed by atoms with E-state index in [-0.39, 0.29) is 5.92 Å². The Hall–Kier alpha value is -1.77. The molecule has 0 aliphatic carbocycles. The summed E-state index contributed by atoms with van der Waals surface area (Å²) >= 11 is 0. The fourth-order valence-electron chi connectivity index (χ4n) is 5.18. The zero-order valence-corrected chi connectivity index (χ0v) is 17.6. The normalized spacial score (nSPS) is 29.4. The molecule has 8 heteroatoms. The van der Waals surface area contributed by atoms with E-state index in [2.05, 4.69) is 44.7 Å². The van der Waals surface area contributed by atoms with E-state index in [9.17, 15) is 9.90 Å². The monoisotopic (exact) mass is 400 g/mol. The van der Waals surface area contributed by atoms with Crippen molar-refractivity contribution in [2.75, 3.05) is 31.1 Å². The van der Waals surface area contributed by atoms with E-state index in [1.54, 1.807) is 4.90 Å². The average Bonchev–Trinajstić information content (AvgIpc) is 2.96. The van der Waals surface area contributed by atoms with Crippen molar-refractivity contribution in [1.82, 2.24) is 4.90 Å². The number of carbonyl (C=O) groups is 1. The predicted octanol–water partition coefficient (Wildman–Crippen LogP) is 2.17. The summed E-state index contributed by atoms with van der Waals surface area (Å²) < 4.78 is 18.5. The standard InChI is InChI=1S/C21H29BN2O5/c1-20(2)21(3,4)29-22(28-20)14-9-13-12-27-8-7-24-17-5-6-23(19(25)26)11-16(17)15(10-14)18(13)24/h9-10,16-17H,5-8,11-12H2,1-4H3,(H,25,26)/t16-,17-/m0/s1. The molecule has 2 atom stereocenters. The maximum atomic E-state index is 11.6. The van der Waals surface area contributed by atoms with Gasteiger partial charge in [-0.05, 0) is 45.1 Å². The Balaban J connectivity index is 1.57. The van der Waals surface area contributed by atoms with Crippen molar-refractivity contribution in [3.8, 4) is 0 Å². The molecule has 29 heavy (non-hydrogen) atoms. The Bertz CT molecular complexity index is 842. The SMILES string of the molecule is CC1(C)OB(c2cc3c4c(c2)[C@@H]2CN(C(=O)O)CC[C@@H]2N4CCOC3)OC1(C)C. The number of fused-ring (bicyclic) bond motifs is 3. The van der Waals surface area contributed by atoms with Crippen molar-refractivity contribution in [3.05, 3.63) is 23.3 Å². The fourth-order valence-corrected chi connectivity index (χ4v) is 5.18. The first-order valence-corrected chi connectivity index (χ1v) is 10.5. The van der Waals surface area contributed by atoms with Crippen LogP contribution in [0.25, 0.3) is 0 Å². The molecular formula is C21H29BN2O5. The minimum Gasteiger partial charge on any atom is -0.465 e. The zero-order valence-electron chi connectivity index (χ0n) is 17.6. The van der Waals surface area contributed by atoms with Crippen LogP contribution in [-0.2, 0) is 20.7 Å². The summed E-state index contributed by atoms with van der Waals surface area (Å²) in [6, 6.07) is 4.68. The number of carboxylic acid groups (broad SMARTS) is 1. The van der Waals surface area contributed by atoms with E-state index in [1.165, 1.54) is 11.3 Å². The van der Waals surface area contributed by atoms with Gasteiger partial charge in [0.15, 0.2) is 0 Å². The number of rotatable bonds is 1. The summed E-state index contributed by atoms with van der Waals surface area (Å²) in [6.45, 7) is 11.5. The summed E-state index contributed by atoms with van der Waals surface area (Å²) in [7, 11) is -0.434. The lowest BCUT2D eigenvalue weighted by Crippen LogP contribution is -2.48. The lowest BCUT2D eigenvalue weighted by Gasteiger charge is -2.37. The minimum atomic E-state index is -0.832. The molecule has 1 N–H and O–H groups in total. The second kappa shape index (κ2) is 6.36. The minimum absolute atomic E-state index is 0.175. The predicted molar refractivity (Wildman–Crippen MR) is 110 cm³/mol. The molecule has 0 saturated carbocycles. The van der Waals surface area contributed by atoms with Crippen molar-refractivity contribution < 1.29 is 23.9 Å². The second-order valence-electron chi connectivity index (χ2n) is 9.64. The number of nitrogens with zero attached hydrogens (tertiary/aromatic N) is 2. The molecule has 0 unspecified atom stereocenters. The highest BCUT2D eigenvalue weighted by molar-refractivity contribution is 6.62. The van der Waals surface area contributed by atoms with Gasteiger partial charge in [0.1, 0.15) is 0 Å². The van der Waals surface area contributed by atoms with Crippen molar-refractivity contribution in [2.24, 2.45) is 0 Å². The van der Waals surface area contributed by atoms with Crippen LogP contribution in [0.2, 0.25) is 0 Å². The molecule has 0 radical (unpaired) electrons. The Kier molecular flexibility index (Phi) is 4.22. The molecule has 7 nitrogen and oxygen atoms in total. The van der Waals surface area contributed by atoms with E-state index in [0.717, 1.165) is 24.0 Å². The molecule has 0 aromatic heterocycles. The third-order valence-electron chi connectivity index (χ3n) is 7.43. The van der Waals surface area contributed by atoms with Gasteiger partial charge in [-0.3, -0.25) is 0 Å². The molecular weight excluding hydrogens is 371 g/mol. The van der Waals surface area contributed by atoms with E-state index in [4.69, 9.17) is 14.0 Å². The first kappa shape index (κ1) is 19.2. The van der Waals surface area contributed by atoms with Crippen molar-refractivity contribution in [2.45, 2.75) is 63.9 Å². The third kappa shape index (κ3) is 2.87. The highest BCUT2D eigenvalue weighted by atomic mass is 16.7. The molecule has 2 fully saturated rings. The van der Waals surface area contributed by atoms with E-state index >= 15 is 0 Å². The van der Waals surface area contributed by atoms with Gasteiger partial charge in [-0.1, -0.05) is 12.1 Å². The Morgan fingerprint density at radius 3 is 2.59 bits per heavy atom. The second-order valence-corrected chi connectivity index (χ2v) is 9.64. The summed E-state index contributed by atoms with van der Waals surface area (Å²) in [5.41, 5.74) is 3.80. The molecule has 1 amide bonds. The van der Waals surface area contributed by atoms with Crippen LogP contribution in [0.5, 0.6) is 0 Å². The number of amides is 1. The first-order valence-electron chi connectivity index (χ1n) is 10.5. The quantitative estimate of drug-likeness (QED) is 0.729. The van der Waals surface area contributed by atoms with Crippen molar-refractivity contribution in [1.29, 1.82) is 0 Å². The zero-order chi connectivity index (χ0) is 20.6. The lowest BCUT2D eigenvalue weighted by molar-refractivity contribution is 0.00578. The Labute approximate surface area is 172 Å². The molecule has 5 rings (SSSR count). The van der Waals surface area contributed by atoms with E-state index in [0.29, 0.717) is 32.3 Å². The molecule has 1 aromatic rings. The molecule has 1 aromatic carbocycles. The molecule has 0 bridgehead atoms. The molecule has 4 heterocycles. The van der Waals surface area contributed by atoms with Gasteiger partial charge in [0.05, 0.1) is 24.4 Å². The van der Waals surface area contributed by atoms with Gasteiger partial charge in [-0.25, -0.2) is 4.79 Å². The Morgan fingerprint density at radius 1 is 1.17 bits per heavy atom. The number of likely N-dealkylation sites (tertiary alicyclic amines) is 1. The summed E-state index contributed by atoms with van der Waals surface area (Å²) in [6.07, 6.45) is 0.0119. The molecule has 0 spiro atoms. The average molecular weight is 400 g/mol. The summed E-state index contributed by atoms with van der Waals surface area (Å²) in [4.78, 5) is 15.6. The number of hydrogen-bond donors (Lipinski definition) is 1. The number of ether oxygens (including phenoxy) is 1. The van der Waals surface area contributed by atoms with Crippen LogP contribution in [0.3, 0.4) is 0 Å². The fraction of sp³-hybridized carbons (Fsp3) is 0.667. The van der Waals surface area contributed by atoms with E-state index in [1.807, 2.05) is 0 Å². The molecule has 4 aliphatic rings. The van der Waals surface area contributed by atoms with Crippen LogP contribution in [0, 0.1) is 0 Å². The molecule has 4 aliphatic heterocycles. The van der Waals surface area contributed by atoms with Gasteiger partial charge in [-0.2, -0.15) is 0 Å². The van der Waals surface area contributed by atoms with Gasteiger partial charge in [0, 0.05) is 42.8 Å². The number of anilines is 1. The highest BCUT2D eigenvalue weighted by Gasteiger charge is 2.53. The van der Waals surface area contributed by atoms with Crippen molar-refractivity contribution >= 4 is 24.4 Å². The lowest BCUT2D eigenvalue weighted by atomic mass is 9.75. The van der Waals surface area contributed by atoms with Crippen LogP contribution in [0.1, 0.15) is 51.2 Å². The first-order chi connectivity index (χ1) is 13.7. The van der Waals surface area contributed by atoms with Crippen LogP contribution >= 0.6 is 0 Å². The number of benzene rings is 1. The molecule has 156 valence electrons. The van der Waals surface area contributed by atoms with Crippen LogP contribution < -0.4 is 10.4 Å². The topological polar surface area (TPSA) is 71.5 Å². The van der Waals surface area contributed by atoms with Crippen LogP contribution in [0.4, 0.5) is 10.5 Å². The smallest absolute Gasteiger partial charge is 0.465 e. The molecule has 2 saturated heterocycles. The highest BCUT2D eigenvalue weighted by Crippen LogP contribution is 2.47. The van der Waals surface area contributed by atoms with Gasteiger partial charge in [-0.15, -0.1) is 0 Å². The van der Waals surface area contributed by atoms with Crippen LogP contribution in [-0.4, -0.2) is 66.7 Å². The number of hydrogen-bond acceptors (Lipinski definition) is 5. The van der Waals surface area contributed by atoms with Crippen molar-refractivity contribution in [3.63, 3.8) is 0 Å². The summed E-state index contributed by atoms with van der Waals surface area (Å²) in [5, 5.41) is 9.54. The maximum Gasteiger partial charge on any atom is 0.494 e. The van der Waals surface area contributed by atoms with Crippen LogP contribution in [0.15, 0.2) is 12.1 Å². The number of piperidine rings is 1. The summed E-state index contributed by atoms with van der Waals surface area (Å²) in [5.74, 6) is 0.175. The van der Waals surface area contributed by atoms with Gasteiger partial charge in [0.25, 0.3) is 0 Å².